The summed E-state index contributed by atoms with van der Waals surface area (Å²) in [5, 5.41) is 0. The molecule has 0 aliphatic carbocycles. The van der Waals surface area contributed by atoms with Crippen LogP contribution in [0.1, 0.15) is 12.8 Å². The minimum atomic E-state index is 0. The molecule has 0 aromatic carbocycles. The number of ether oxygens (including phenoxy) is 1. The van der Waals surface area contributed by atoms with Gasteiger partial charge in [0.1, 0.15) is 0 Å². The Morgan fingerprint density at radius 1 is 0.944 bits per heavy atom. The summed E-state index contributed by atoms with van der Waals surface area (Å²) in [6.07, 6.45) is 2.69. The number of rotatable bonds is 4. The number of hydrogen-bond acceptors (Lipinski definition) is 4. The molecule has 2 aliphatic rings. The third kappa shape index (κ3) is 6.04. The van der Waals surface area contributed by atoms with Gasteiger partial charge in [0, 0.05) is 32.7 Å². The molecule has 4 nitrogen and oxygen atoms in total. The summed E-state index contributed by atoms with van der Waals surface area (Å²) in [6.45, 7) is 9.74. The molecule has 0 spiro atoms. The lowest BCUT2D eigenvalue weighted by molar-refractivity contribution is 0.0247. The first-order valence-electron chi connectivity index (χ1n) is 6.61. The second-order valence-electron chi connectivity index (χ2n) is 4.99. The number of morpholine rings is 1. The molecule has 2 rings (SSSR count). The van der Waals surface area contributed by atoms with E-state index in [1.54, 1.807) is 0 Å². The minimum absolute atomic E-state index is 0. The number of nitrogens with two attached hydrogens (primary N) is 1. The first-order valence-corrected chi connectivity index (χ1v) is 6.61. The molecule has 0 atom stereocenters. The van der Waals surface area contributed by atoms with E-state index in [-0.39, 0.29) is 24.8 Å². The molecule has 2 N–H and O–H groups in total. The minimum Gasteiger partial charge on any atom is -0.379 e. The highest BCUT2D eigenvalue weighted by molar-refractivity contribution is 5.85. The van der Waals surface area contributed by atoms with Gasteiger partial charge in [-0.15, -0.1) is 24.8 Å². The van der Waals surface area contributed by atoms with Gasteiger partial charge in [0.25, 0.3) is 0 Å². The van der Waals surface area contributed by atoms with Crippen molar-refractivity contribution in [3.05, 3.63) is 0 Å². The highest BCUT2D eigenvalue weighted by Gasteiger charge is 2.21. The van der Waals surface area contributed by atoms with Crippen molar-refractivity contribution < 1.29 is 4.74 Å². The molecule has 0 radical (unpaired) electrons. The van der Waals surface area contributed by atoms with E-state index in [1.165, 1.54) is 32.5 Å². The maximum atomic E-state index is 5.58. The predicted molar refractivity (Wildman–Crippen MR) is 80.0 cm³/mol. The molecule has 0 unspecified atom stereocenters. The normalized spacial score (nSPS) is 23.2. The van der Waals surface area contributed by atoms with Crippen molar-refractivity contribution in [1.29, 1.82) is 0 Å². The van der Waals surface area contributed by atoms with Crippen LogP contribution in [0.2, 0.25) is 0 Å². The average Bonchev–Trinajstić information content (AvgIpc) is 2.33. The first-order chi connectivity index (χ1) is 7.88. The monoisotopic (exact) mass is 299 g/mol. The quantitative estimate of drug-likeness (QED) is 0.835. The van der Waals surface area contributed by atoms with Crippen LogP contribution >= 0.6 is 24.8 Å². The summed E-state index contributed by atoms with van der Waals surface area (Å²) in [6, 6.07) is 0. The van der Waals surface area contributed by atoms with Crippen LogP contribution in [0.5, 0.6) is 0 Å². The van der Waals surface area contributed by atoms with Crippen LogP contribution in [-0.2, 0) is 4.74 Å². The third-order valence-electron chi connectivity index (χ3n) is 3.77. The van der Waals surface area contributed by atoms with Gasteiger partial charge in [0.15, 0.2) is 0 Å². The Morgan fingerprint density at radius 3 is 2.11 bits per heavy atom. The molecule has 0 bridgehead atoms. The lowest BCUT2D eigenvalue weighted by Crippen LogP contribution is -2.43. The lowest BCUT2D eigenvalue weighted by Gasteiger charge is -2.35. The fourth-order valence-electron chi connectivity index (χ4n) is 2.72. The topological polar surface area (TPSA) is 41.7 Å². The Hall–Kier alpha value is 0.420. The summed E-state index contributed by atoms with van der Waals surface area (Å²) < 4.78 is 5.37. The molecule has 0 aromatic heterocycles. The van der Waals surface area contributed by atoms with Crippen LogP contribution in [0.3, 0.4) is 0 Å². The Bertz CT molecular complexity index is 196. The second kappa shape index (κ2) is 10.2. The molecule has 18 heavy (non-hydrogen) atoms. The SMILES string of the molecule is Cl.Cl.NCCN1CCC(CN2CCOCC2)CC1. The van der Waals surface area contributed by atoms with Gasteiger partial charge in [-0.05, 0) is 31.8 Å². The average molecular weight is 300 g/mol. The van der Waals surface area contributed by atoms with E-state index in [0.29, 0.717) is 0 Å². The maximum Gasteiger partial charge on any atom is 0.0594 e. The lowest BCUT2D eigenvalue weighted by atomic mass is 9.96. The molecule has 2 fully saturated rings. The molecule has 0 saturated carbocycles. The summed E-state index contributed by atoms with van der Waals surface area (Å²) in [5.41, 5.74) is 5.58. The Morgan fingerprint density at radius 2 is 1.56 bits per heavy atom. The van der Waals surface area contributed by atoms with Crippen LogP contribution in [0.25, 0.3) is 0 Å². The Labute approximate surface area is 123 Å². The van der Waals surface area contributed by atoms with E-state index in [9.17, 15) is 0 Å². The van der Waals surface area contributed by atoms with Crippen LogP contribution in [0.15, 0.2) is 0 Å². The van der Waals surface area contributed by atoms with Gasteiger partial charge in [-0.25, -0.2) is 0 Å². The summed E-state index contributed by atoms with van der Waals surface area (Å²) in [5.74, 6) is 0.895. The predicted octanol–water partition coefficient (Wildman–Crippen LogP) is 0.833. The van der Waals surface area contributed by atoms with Gasteiger partial charge in [-0.3, -0.25) is 4.90 Å². The number of halogens is 2. The molecule has 0 amide bonds. The van der Waals surface area contributed by atoms with Gasteiger partial charge in [0.2, 0.25) is 0 Å². The van der Waals surface area contributed by atoms with E-state index >= 15 is 0 Å². The van der Waals surface area contributed by atoms with Crippen molar-refractivity contribution >= 4 is 24.8 Å². The number of hydrogen-bond donors (Lipinski definition) is 1. The van der Waals surface area contributed by atoms with E-state index in [2.05, 4.69) is 9.80 Å². The van der Waals surface area contributed by atoms with Crippen molar-refractivity contribution in [2.45, 2.75) is 12.8 Å². The van der Waals surface area contributed by atoms with Gasteiger partial charge < -0.3 is 15.4 Å². The van der Waals surface area contributed by atoms with Crippen LogP contribution in [-0.4, -0.2) is 68.8 Å². The summed E-state index contributed by atoms with van der Waals surface area (Å²) in [4.78, 5) is 5.06. The van der Waals surface area contributed by atoms with Crippen molar-refractivity contribution in [3.63, 3.8) is 0 Å². The third-order valence-corrected chi connectivity index (χ3v) is 3.77. The van der Waals surface area contributed by atoms with E-state index < -0.39 is 0 Å². The molecule has 2 heterocycles. The van der Waals surface area contributed by atoms with Crippen molar-refractivity contribution in [2.24, 2.45) is 11.7 Å². The number of piperidine rings is 1. The molecule has 6 heteroatoms. The molecule has 110 valence electrons. The Kier molecular flexibility index (Phi) is 10.5. The van der Waals surface area contributed by atoms with Crippen LogP contribution in [0.4, 0.5) is 0 Å². The standard InChI is InChI=1S/C12H25N3O.2ClH/c13-3-6-14-4-1-12(2-5-14)11-15-7-9-16-10-8-15;;/h12H,1-11,13H2;2*1H. The molecule has 0 aromatic rings. The van der Waals surface area contributed by atoms with Crippen LogP contribution in [0, 0.1) is 5.92 Å². The number of likely N-dealkylation sites (tertiary alicyclic amines) is 1. The van der Waals surface area contributed by atoms with Crippen molar-refractivity contribution in [1.82, 2.24) is 9.80 Å². The summed E-state index contributed by atoms with van der Waals surface area (Å²) in [7, 11) is 0. The molecule has 2 saturated heterocycles. The fourth-order valence-corrected chi connectivity index (χ4v) is 2.72. The van der Waals surface area contributed by atoms with Gasteiger partial charge >= 0.3 is 0 Å². The highest BCUT2D eigenvalue weighted by atomic mass is 35.5. The van der Waals surface area contributed by atoms with Crippen molar-refractivity contribution in [3.8, 4) is 0 Å². The number of nitrogens with zero attached hydrogens (tertiary/aromatic N) is 2. The molecular formula is C12H27Cl2N3O. The second-order valence-corrected chi connectivity index (χ2v) is 4.99. The zero-order valence-electron chi connectivity index (χ0n) is 11.1. The van der Waals surface area contributed by atoms with Gasteiger partial charge in [0.05, 0.1) is 13.2 Å². The zero-order chi connectivity index (χ0) is 11.2. The van der Waals surface area contributed by atoms with Gasteiger partial charge in [-0.2, -0.15) is 0 Å². The first kappa shape index (κ1) is 18.4. The Balaban J connectivity index is 0.00000144. The molecule has 2 aliphatic heterocycles. The zero-order valence-corrected chi connectivity index (χ0v) is 12.7. The molecular weight excluding hydrogens is 273 g/mol. The largest absolute Gasteiger partial charge is 0.379 e. The fraction of sp³-hybridized carbons (Fsp3) is 1.00. The van der Waals surface area contributed by atoms with Gasteiger partial charge in [-0.1, -0.05) is 0 Å². The maximum absolute atomic E-state index is 5.58. The van der Waals surface area contributed by atoms with Crippen molar-refractivity contribution in [2.75, 3.05) is 59.0 Å². The highest BCUT2D eigenvalue weighted by Crippen LogP contribution is 2.18. The summed E-state index contributed by atoms with van der Waals surface area (Å²) >= 11 is 0. The smallest absolute Gasteiger partial charge is 0.0594 e. The van der Waals surface area contributed by atoms with Crippen LogP contribution < -0.4 is 5.73 Å². The van der Waals surface area contributed by atoms with E-state index in [0.717, 1.165) is 45.3 Å². The van der Waals surface area contributed by atoms with E-state index in [1.807, 2.05) is 0 Å². The van der Waals surface area contributed by atoms with E-state index in [4.69, 9.17) is 10.5 Å².